The number of amides is 1. The summed E-state index contributed by atoms with van der Waals surface area (Å²) in [5, 5.41) is 1.79. The Morgan fingerprint density at radius 3 is 2.60 bits per heavy atom. The molecule has 0 spiro atoms. The summed E-state index contributed by atoms with van der Waals surface area (Å²) in [4.78, 5) is 21.9. The van der Waals surface area contributed by atoms with E-state index in [-0.39, 0.29) is 13.0 Å². The van der Waals surface area contributed by atoms with Gasteiger partial charge in [0, 0.05) is 18.5 Å². The van der Waals surface area contributed by atoms with E-state index in [0.717, 1.165) is 12.2 Å². The first kappa shape index (κ1) is 18.0. The third-order valence-corrected chi connectivity index (χ3v) is 2.16. The summed E-state index contributed by atoms with van der Waals surface area (Å²) in [6.07, 6.45) is 3.21. The van der Waals surface area contributed by atoms with Gasteiger partial charge < -0.3 is 10.1 Å². The third-order valence-electron chi connectivity index (χ3n) is 2.16. The third kappa shape index (κ3) is 8.19. The Bertz CT molecular complexity index is 397. The van der Waals surface area contributed by atoms with Crippen LogP contribution in [0.25, 0.3) is 0 Å². The lowest BCUT2D eigenvalue weighted by atomic mass is 10.1. The van der Waals surface area contributed by atoms with Crippen molar-refractivity contribution in [3.8, 4) is 12.3 Å². The van der Waals surface area contributed by atoms with Crippen LogP contribution in [0.3, 0.4) is 0 Å². The van der Waals surface area contributed by atoms with Gasteiger partial charge in [0.25, 0.3) is 0 Å². The van der Waals surface area contributed by atoms with Crippen molar-refractivity contribution in [3.05, 3.63) is 12.2 Å². The molecule has 0 heterocycles. The number of halogens is 3. The first-order valence-corrected chi connectivity index (χ1v) is 5.97. The van der Waals surface area contributed by atoms with Crippen LogP contribution < -0.4 is 5.32 Å². The van der Waals surface area contributed by atoms with Crippen molar-refractivity contribution in [1.82, 2.24) is 5.32 Å². The van der Waals surface area contributed by atoms with Crippen LogP contribution in [0.5, 0.6) is 0 Å². The number of terminal acetylenes is 1. The van der Waals surface area contributed by atoms with Crippen LogP contribution in [0.4, 0.5) is 13.2 Å². The molecule has 0 saturated heterocycles. The number of carbonyl (C=O) groups excluding carboxylic acids is 2. The zero-order valence-corrected chi connectivity index (χ0v) is 11.0. The fraction of sp³-hybridized carbons (Fsp3) is 0.538. The molecule has 112 valence electrons. The van der Waals surface area contributed by atoms with E-state index in [4.69, 9.17) is 6.42 Å². The molecule has 0 bridgehead atoms. The number of hydrogen-bond donors (Lipinski definition) is 1. The summed E-state index contributed by atoms with van der Waals surface area (Å²) in [6, 6.07) is -0.929. The van der Waals surface area contributed by atoms with Gasteiger partial charge in [-0.25, -0.2) is 4.79 Å². The van der Waals surface area contributed by atoms with Gasteiger partial charge in [-0.3, -0.25) is 4.79 Å². The van der Waals surface area contributed by atoms with Crippen LogP contribution >= 0.6 is 0 Å². The van der Waals surface area contributed by atoms with Crippen molar-refractivity contribution in [3.63, 3.8) is 0 Å². The van der Waals surface area contributed by atoms with Crippen molar-refractivity contribution >= 4 is 11.9 Å². The predicted molar refractivity (Wildman–Crippen MR) is 66.4 cm³/mol. The van der Waals surface area contributed by atoms with Crippen LogP contribution in [0.15, 0.2) is 12.2 Å². The molecule has 0 aliphatic carbocycles. The van der Waals surface area contributed by atoms with E-state index < -0.39 is 24.1 Å². The molecule has 0 radical (unpaired) electrons. The molecule has 1 N–H and O–H groups in total. The van der Waals surface area contributed by atoms with E-state index in [1.54, 1.807) is 12.2 Å². The highest BCUT2D eigenvalue weighted by molar-refractivity contribution is 5.83. The van der Waals surface area contributed by atoms with Crippen LogP contribution in [0.1, 0.15) is 26.2 Å². The summed E-state index contributed by atoms with van der Waals surface area (Å²) in [5.74, 6) is -0.402. The first-order valence-electron chi connectivity index (χ1n) is 5.97. The van der Waals surface area contributed by atoms with Gasteiger partial charge in [0.1, 0.15) is 0 Å². The van der Waals surface area contributed by atoms with Crippen molar-refractivity contribution in [2.45, 2.75) is 38.4 Å². The maximum absolute atomic E-state index is 12.2. The lowest BCUT2D eigenvalue weighted by Crippen LogP contribution is -2.42. The standard InChI is InChI=1S/C13H16F3NO3/c1-3-5-6-7-10(8-9-11(18)20-4-2)17-12(19)13(14,15)16/h1,8-10H,4-7H2,2H3,(H,17,19)/b9-8+/t10-/m0/s1. The number of carbonyl (C=O) groups is 2. The van der Waals surface area contributed by atoms with Crippen LogP contribution in [-0.4, -0.2) is 30.7 Å². The lowest BCUT2D eigenvalue weighted by Gasteiger charge is -2.15. The topological polar surface area (TPSA) is 55.4 Å². The number of alkyl halides is 3. The number of nitrogens with one attached hydrogen (secondary N) is 1. The molecule has 0 aromatic heterocycles. The Morgan fingerprint density at radius 1 is 1.45 bits per heavy atom. The number of rotatable bonds is 7. The Hall–Kier alpha value is -1.97. The summed E-state index contributed by atoms with van der Waals surface area (Å²) >= 11 is 0. The van der Waals surface area contributed by atoms with Crippen molar-refractivity contribution < 1.29 is 27.5 Å². The van der Waals surface area contributed by atoms with Gasteiger partial charge in [-0.15, -0.1) is 12.3 Å². The van der Waals surface area contributed by atoms with Gasteiger partial charge in [0.05, 0.1) is 6.61 Å². The highest BCUT2D eigenvalue weighted by Gasteiger charge is 2.39. The molecule has 4 nitrogen and oxygen atoms in total. The second-order valence-corrected chi connectivity index (χ2v) is 3.79. The van der Waals surface area contributed by atoms with Gasteiger partial charge in [-0.1, -0.05) is 6.08 Å². The van der Waals surface area contributed by atoms with Crippen LogP contribution in [0.2, 0.25) is 0 Å². The summed E-state index contributed by atoms with van der Waals surface area (Å²) in [7, 11) is 0. The fourth-order valence-electron chi connectivity index (χ4n) is 1.28. The maximum Gasteiger partial charge on any atom is 0.471 e. The molecule has 1 amide bonds. The lowest BCUT2D eigenvalue weighted by molar-refractivity contribution is -0.174. The van der Waals surface area contributed by atoms with Gasteiger partial charge >= 0.3 is 18.1 Å². The number of hydrogen-bond acceptors (Lipinski definition) is 3. The first-order chi connectivity index (χ1) is 9.31. The molecule has 0 aromatic carbocycles. The van der Waals surface area contributed by atoms with E-state index in [2.05, 4.69) is 10.7 Å². The summed E-state index contributed by atoms with van der Waals surface area (Å²) < 4.78 is 41.1. The molecule has 0 aromatic rings. The Morgan fingerprint density at radius 2 is 2.10 bits per heavy atom. The predicted octanol–water partition coefficient (Wildman–Crippen LogP) is 1.96. The number of esters is 1. The minimum Gasteiger partial charge on any atom is -0.463 e. The fourth-order valence-corrected chi connectivity index (χ4v) is 1.28. The average molecular weight is 291 g/mol. The quantitative estimate of drug-likeness (QED) is 0.337. The minimum absolute atomic E-state index is 0.153. The molecule has 1 atom stereocenters. The molecular formula is C13H16F3NO3. The van der Waals surface area contributed by atoms with E-state index in [0.29, 0.717) is 12.8 Å². The molecule has 0 aliphatic heterocycles. The van der Waals surface area contributed by atoms with Gasteiger partial charge in [0.15, 0.2) is 0 Å². The monoisotopic (exact) mass is 291 g/mol. The van der Waals surface area contributed by atoms with Gasteiger partial charge in [0.2, 0.25) is 0 Å². The second kappa shape index (κ2) is 9.02. The molecular weight excluding hydrogens is 275 g/mol. The smallest absolute Gasteiger partial charge is 0.463 e. The van der Waals surface area contributed by atoms with Crippen molar-refractivity contribution in [1.29, 1.82) is 0 Å². The zero-order valence-electron chi connectivity index (χ0n) is 11.0. The van der Waals surface area contributed by atoms with E-state index in [1.165, 1.54) is 0 Å². The zero-order chi connectivity index (χ0) is 15.6. The average Bonchev–Trinajstić information content (AvgIpc) is 2.35. The van der Waals surface area contributed by atoms with Crippen LogP contribution in [-0.2, 0) is 14.3 Å². The number of unbranched alkanes of at least 4 members (excludes halogenated alkanes) is 1. The molecule has 7 heteroatoms. The summed E-state index contributed by atoms with van der Waals surface area (Å²) in [5.41, 5.74) is 0. The van der Waals surface area contributed by atoms with E-state index >= 15 is 0 Å². The van der Waals surface area contributed by atoms with Crippen molar-refractivity contribution in [2.75, 3.05) is 6.61 Å². The van der Waals surface area contributed by atoms with Crippen LogP contribution in [0, 0.1) is 12.3 Å². The molecule has 0 fully saturated rings. The maximum atomic E-state index is 12.2. The number of ether oxygens (including phenoxy) is 1. The largest absolute Gasteiger partial charge is 0.471 e. The Balaban J connectivity index is 4.60. The van der Waals surface area contributed by atoms with E-state index in [1.807, 2.05) is 0 Å². The molecule has 0 aliphatic rings. The SMILES string of the molecule is C#CCCC[C@@H](/C=C/C(=O)OCC)NC(=O)C(F)(F)F. The Labute approximate surface area is 115 Å². The molecule has 0 rings (SSSR count). The highest BCUT2D eigenvalue weighted by atomic mass is 19.4. The second-order valence-electron chi connectivity index (χ2n) is 3.79. The highest BCUT2D eigenvalue weighted by Crippen LogP contribution is 2.15. The summed E-state index contributed by atoms with van der Waals surface area (Å²) in [6.45, 7) is 1.75. The molecule has 20 heavy (non-hydrogen) atoms. The van der Waals surface area contributed by atoms with Gasteiger partial charge in [-0.2, -0.15) is 13.2 Å². The minimum atomic E-state index is -4.97. The van der Waals surface area contributed by atoms with Gasteiger partial charge in [-0.05, 0) is 19.8 Å². The normalized spacial score (nSPS) is 12.8. The Kier molecular flexibility index (Phi) is 8.13. The van der Waals surface area contributed by atoms with Crippen molar-refractivity contribution in [2.24, 2.45) is 0 Å². The molecule has 0 unspecified atom stereocenters. The molecule has 0 saturated carbocycles. The van der Waals surface area contributed by atoms with E-state index in [9.17, 15) is 22.8 Å².